The van der Waals surface area contributed by atoms with E-state index >= 15 is 0 Å². The Morgan fingerprint density at radius 2 is 1.94 bits per heavy atom. The molecule has 0 aliphatic heterocycles. The first-order valence-electron chi connectivity index (χ1n) is 6.46. The second kappa shape index (κ2) is 5.67. The second-order valence-corrected chi connectivity index (χ2v) is 5.79. The van der Waals surface area contributed by atoms with Crippen LogP contribution in [0.4, 0.5) is 0 Å². The fourth-order valence-electron chi connectivity index (χ4n) is 2.18. The van der Waals surface area contributed by atoms with Crippen molar-refractivity contribution in [1.82, 2.24) is 0 Å². The molecule has 1 aliphatic carbocycles. The van der Waals surface area contributed by atoms with Crippen molar-refractivity contribution < 1.29 is 5.11 Å². The smallest absolute Gasteiger partial charge is 0.0654 e. The Morgan fingerprint density at radius 1 is 1.25 bits per heavy atom. The monoisotopic (exact) mass is 222 g/mol. The molecule has 0 heterocycles. The molecule has 0 aromatic rings. The van der Waals surface area contributed by atoms with E-state index in [4.69, 9.17) is 0 Å². The van der Waals surface area contributed by atoms with E-state index in [0.29, 0.717) is 5.92 Å². The van der Waals surface area contributed by atoms with E-state index < -0.39 is 5.60 Å². The highest BCUT2D eigenvalue weighted by molar-refractivity contribution is 5.05. The van der Waals surface area contributed by atoms with Crippen molar-refractivity contribution >= 4 is 0 Å². The third kappa shape index (κ3) is 4.52. The molecule has 16 heavy (non-hydrogen) atoms. The average Bonchev–Trinajstić information content (AvgIpc) is 2.15. The van der Waals surface area contributed by atoms with E-state index in [-0.39, 0.29) is 5.92 Å². The molecule has 0 aromatic carbocycles. The molecular weight excluding hydrogens is 196 g/mol. The van der Waals surface area contributed by atoms with E-state index in [0.717, 1.165) is 12.8 Å². The summed E-state index contributed by atoms with van der Waals surface area (Å²) < 4.78 is 0. The van der Waals surface area contributed by atoms with E-state index in [1.807, 2.05) is 13.8 Å². The first-order chi connectivity index (χ1) is 7.39. The lowest BCUT2D eigenvalue weighted by Gasteiger charge is -2.27. The zero-order valence-corrected chi connectivity index (χ0v) is 11.2. The summed E-state index contributed by atoms with van der Waals surface area (Å²) in [5, 5.41) is 10.1. The highest BCUT2D eigenvalue weighted by Crippen LogP contribution is 2.27. The minimum atomic E-state index is -0.601. The molecule has 0 amide bonds. The number of hydrogen-bond acceptors (Lipinski definition) is 1. The van der Waals surface area contributed by atoms with Gasteiger partial charge in [-0.05, 0) is 52.4 Å². The van der Waals surface area contributed by atoms with Crippen LogP contribution in [0, 0.1) is 11.8 Å². The molecule has 2 unspecified atom stereocenters. The maximum absolute atomic E-state index is 10.1. The molecule has 0 bridgehead atoms. The van der Waals surface area contributed by atoms with Gasteiger partial charge in [-0.1, -0.05) is 30.7 Å². The Labute approximate surface area is 100 Å². The van der Waals surface area contributed by atoms with Crippen LogP contribution in [0.25, 0.3) is 0 Å². The van der Waals surface area contributed by atoms with Crippen LogP contribution in [-0.4, -0.2) is 10.7 Å². The summed E-state index contributed by atoms with van der Waals surface area (Å²) in [6.07, 6.45) is 11.4. The summed E-state index contributed by atoms with van der Waals surface area (Å²) in [4.78, 5) is 0. The van der Waals surface area contributed by atoms with Gasteiger partial charge in [0.15, 0.2) is 0 Å². The van der Waals surface area contributed by atoms with E-state index in [1.54, 1.807) is 0 Å². The van der Waals surface area contributed by atoms with Gasteiger partial charge in [0.2, 0.25) is 0 Å². The Hall–Kier alpha value is -0.560. The van der Waals surface area contributed by atoms with Crippen molar-refractivity contribution in [3.8, 4) is 0 Å². The average molecular weight is 222 g/mol. The molecule has 1 nitrogen and oxygen atoms in total. The standard InChI is InChI=1S/C15H26O/c1-12-6-5-7-13(2)9-11-14(10-8-12)15(3,4)16/h6,9,11,13-14,16H,5,7-8,10H2,1-4H3. The topological polar surface area (TPSA) is 20.2 Å². The summed E-state index contributed by atoms with van der Waals surface area (Å²) in [7, 11) is 0. The Morgan fingerprint density at radius 3 is 2.56 bits per heavy atom. The normalized spacial score (nSPS) is 28.7. The minimum absolute atomic E-state index is 0.274. The lowest BCUT2D eigenvalue weighted by molar-refractivity contribution is 0.0336. The van der Waals surface area contributed by atoms with Crippen molar-refractivity contribution in [3.63, 3.8) is 0 Å². The molecular formula is C15H26O. The van der Waals surface area contributed by atoms with Gasteiger partial charge in [-0.15, -0.1) is 0 Å². The maximum atomic E-state index is 10.1. The van der Waals surface area contributed by atoms with Crippen LogP contribution in [0.1, 0.15) is 53.4 Å². The molecule has 0 saturated heterocycles. The second-order valence-electron chi connectivity index (χ2n) is 5.79. The summed E-state index contributed by atoms with van der Waals surface area (Å²) in [6, 6.07) is 0. The quantitative estimate of drug-likeness (QED) is 0.663. The molecule has 1 aliphatic rings. The third-order valence-corrected chi connectivity index (χ3v) is 3.54. The van der Waals surface area contributed by atoms with Crippen LogP contribution in [0.2, 0.25) is 0 Å². The highest BCUT2D eigenvalue weighted by Gasteiger charge is 2.24. The van der Waals surface area contributed by atoms with Gasteiger partial charge in [0, 0.05) is 5.92 Å². The summed E-state index contributed by atoms with van der Waals surface area (Å²) in [5.74, 6) is 0.892. The molecule has 1 N–H and O–H groups in total. The lowest BCUT2D eigenvalue weighted by atomic mass is 9.84. The Balaban J connectivity index is 2.76. The van der Waals surface area contributed by atoms with Gasteiger partial charge in [-0.2, -0.15) is 0 Å². The van der Waals surface area contributed by atoms with Crippen molar-refractivity contribution in [2.75, 3.05) is 0 Å². The molecule has 0 spiro atoms. The molecule has 1 rings (SSSR count). The number of hydrogen-bond donors (Lipinski definition) is 1. The Kier molecular flexibility index (Phi) is 4.79. The molecule has 92 valence electrons. The van der Waals surface area contributed by atoms with Crippen LogP contribution in [0.5, 0.6) is 0 Å². The fourth-order valence-corrected chi connectivity index (χ4v) is 2.18. The summed E-state index contributed by atoms with van der Waals surface area (Å²) in [6.45, 7) is 8.29. The summed E-state index contributed by atoms with van der Waals surface area (Å²) >= 11 is 0. The number of aliphatic hydroxyl groups is 1. The zero-order valence-electron chi connectivity index (χ0n) is 11.2. The summed E-state index contributed by atoms with van der Waals surface area (Å²) in [5.41, 5.74) is 0.868. The maximum Gasteiger partial charge on any atom is 0.0654 e. The first kappa shape index (κ1) is 13.5. The molecule has 0 saturated carbocycles. The Bertz CT molecular complexity index is 268. The first-order valence-corrected chi connectivity index (χ1v) is 6.46. The van der Waals surface area contributed by atoms with Crippen molar-refractivity contribution in [2.24, 2.45) is 11.8 Å². The van der Waals surface area contributed by atoms with E-state index in [2.05, 4.69) is 32.1 Å². The van der Waals surface area contributed by atoms with Gasteiger partial charge < -0.3 is 5.11 Å². The van der Waals surface area contributed by atoms with Crippen molar-refractivity contribution in [3.05, 3.63) is 23.8 Å². The number of allylic oxidation sites excluding steroid dienone is 3. The van der Waals surface area contributed by atoms with Gasteiger partial charge in [-0.25, -0.2) is 0 Å². The van der Waals surface area contributed by atoms with E-state index in [9.17, 15) is 5.11 Å². The van der Waals surface area contributed by atoms with Gasteiger partial charge in [0.1, 0.15) is 0 Å². The largest absolute Gasteiger partial charge is 0.390 e. The molecule has 1 heteroatoms. The van der Waals surface area contributed by atoms with Crippen molar-refractivity contribution in [2.45, 2.75) is 59.0 Å². The van der Waals surface area contributed by atoms with Gasteiger partial charge >= 0.3 is 0 Å². The zero-order chi connectivity index (χ0) is 12.2. The van der Waals surface area contributed by atoms with Crippen LogP contribution in [0.3, 0.4) is 0 Å². The lowest BCUT2D eigenvalue weighted by Crippen LogP contribution is -2.29. The molecule has 2 atom stereocenters. The predicted molar refractivity (Wildman–Crippen MR) is 70.3 cm³/mol. The number of rotatable bonds is 1. The van der Waals surface area contributed by atoms with Crippen molar-refractivity contribution in [1.29, 1.82) is 0 Å². The van der Waals surface area contributed by atoms with Crippen LogP contribution >= 0.6 is 0 Å². The van der Waals surface area contributed by atoms with Gasteiger partial charge in [-0.3, -0.25) is 0 Å². The van der Waals surface area contributed by atoms with Gasteiger partial charge in [0.05, 0.1) is 5.60 Å². The fraction of sp³-hybridized carbons (Fsp3) is 0.733. The molecule has 0 fully saturated rings. The minimum Gasteiger partial charge on any atom is -0.390 e. The molecule has 0 radical (unpaired) electrons. The molecule has 0 aromatic heterocycles. The van der Waals surface area contributed by atoms with Gasteiger partial charge in [0.25, 0.3) is 0 Å². The predicted octanol–water partition coefficient (Wildman–Crippen LogP) is 4.09. The third-order valence-electron chi connectivity index (χ3n) is 3.54. The highest BCUT2D eigenvalue weighted by atomic mass is 16.3. The van der Waals surface area contributed by atoms with Crippen LogP contribution < -0.4 is 0 Å². The van der Waals surface area contributed by atoms with Crippen LogP contribution in [-0.2, 0) is 0 Å². The van der Waals surface area contributed by atoms with E-state index in [1.165, 1.54) is 18.4 Å². The SMILES string of the molecule is CC1=CCCC(C)C=CC(C(C)(C)O)CC1. The van der Waals surface area contributed by atoms with Crippen LogP contribution in [0.15, 0.2) is 23.8 Å².